The van der Waals surface area contributed by atoms with Crippen LogP contribution in [0.25, 0.3) is 0 Å². The highest BCUT2D eigenvalue weighted by Crippen LogP contribution is 2.38. The van der Waals surface area contributed by atoms with Crippen LogP contribution in [0, 0.1) is 5.82 Å². The topological polar surface area (TPSA) is 17.0 Å². The van der Waals surface area contributed by atoms with Gasteiger partial charge in [-0.15, -0.1) is 11.8 Å². The van der Waals surface area contributed by atoms with E-state index in [4.69, 9.17) is 0 Å². The van der Waals surface area contributed by atoms with Gasteiger partial charge in [0.1, 0.15) is 5.82 Å². The first kappa shape index (κ1) is 10.7. The van der Waals surface area contributed by atoms with E-state index in [1.165, 1.54) is 6.07 Å². The maximum Gasteiger partial charge on any atom is 0.137 e. The average Bonchev–Trinajstić information content (AvgIpc) is 2.83. The Morgan fingerprint density at radius 3 is 2.88 bits per heavy atom. The van der Waals surface area contributed by atoms with E-state index in [-0.39, 0.29) is 11.9 Å². The summed E-state index contributed by atoms with van der Waals surface area (Å²) in [6.07, 6.45) is 4.93. The Hall–Kier alpha value is -1.42. The van der Waals surface area contributed by atoms with E-state index in [1.807, 2.05) is 35.3 Å². The fourth-order valence-electron chi connectivity index (χ4n) is 2.12. The van der Waals surface area contributed by atoms with Gasteiger partial charge in [-0.2, -0.15) is 0 Å². The highest BCUT2D eigenvalue weighted by atomic mass is 32.2. The van der Waals surface area contributed by atoms with Gasteiger partial charge in [-0.1, -0.05) is 12.1 Å². The van der Waals surface area contributed by atoms with Gasteiger partial charge in [0, 0.05) is 23.0 Å². The number of benzene rings is 1. The van der Waals surface area contributed by atoms with Crippen molar-refractivity contribution in [1.82, 2.24) is 4.68 Å². The highest BCUT2D eigenvalue weighted by molar-refractivity contribution is 7.99. The number of hydrogen-bond donors (Lipinski definition) is 1. The van der Waals surface area contributed by atoms with Crippen LogP contribution in [-0.2, 0) is 0 Å². The van der Waals surface area contributed by atoms with E-state index in [0.717, 1.165) is 22.6 Å². The minimum atomic E-state index is -0.105. The fourth-order valence-corrected chi connectivity index (χ4v) is 3.26. The number of fused-ring (bicyclic) bond motifs is 1. The Labute approximate surface area is 104 Å². The SMILES string of the molecule is Fc1cccc2c1SCCC2Nn1cccc1. The van der Waals surface area contributed by atoms with E-state index in [2.05, 4.69) is 5.43 Å². The molecule has 1 atom stereocenters. The molecule has 1 aromatic heterocycles. The van der Waals surface area contributed by atoms with Gasteiger partial charge >= 0.3 is 0 Å². The zero-order valence-corrected chi connectivity index (χ0v) is 10.1. The van der Waals surface area contributed by atoms with Crippen molar-refractivity contribution in [2.24, 2.45) is 0 Å². The summed E-state index contributed by atoms with van der Waals surface area (Å²) in [5.41, 5.74) is 4.45. The molecule has 0 saturated heterocycles. The molecule has 1 aromatic carbocycles. The van der Waals surface area contributed by atoms with Crippen LogP contribution < -0.4 is 5.43 Å². The van der Waals surface area contributed by atoms with E-state index >= 15 is 0 Å². The van der Waals surface area contributed by atoms with Gasteiger partial charge in [0.15, 0.2) is 0 Å². The summed E-state index contributed by atoms with van der Waals surface area (Å²) < 4.78 is 15.6. The summed E-state index contributed by atoms with van der Waals surface area (Å²) in [5.74, 6) is 0.846. The Balaban J connectivity index is 1.92. The van der Waals surface area contributed by atoms with Gasteiger partial charge in [0.25, 0.3) is 0 Å². The number of thioether (sulfide) groups is 1. The van der Waals surface area contributed by atoms with Crippen molar-refractivity contribution in [3.8, 4) is 0 Å². The molecule has 2 heterocycles. The molecule has 1 aliphatic rings. The molecule has 2 nitrogen and oxygen atoms in total. The predicted molar refractivity (Wildman–Crippen MR) is 68.3 cm³/mol. The van der Waals surface area contributed by atoms with Crippen LogP contribution in [0.5, 0.6) is 0 Å². The molecule has 0 bridgehead atoms. The van der Waals surface area contributed by atoms with E-state index in [1.54, 1.807) is 17.8 Å². The Bertz CT molecular complexity index is 510. The second kappa shape index (κ2) is 4.45. The van der Waals surface area contributed by atoms with Crippen molar-refractivity contribution < 1.29 is 4.39 Å². The standard InChI is InChI=1S/C13H13FN2S/c14-11-5-3-4-10-12(6-9-17-13(10)11)15-16-7-1-2-8-16/h1-5,7-8,12,15H,6,9H2. The zero-order valence-electron chi connectivity index (χ0n) is 9.27. The zero-order chi connectivity index (χ0) is 11.7. The number of halogens is 1. The lowest BCUT2D eigenvalue weighted by molar-refractivity contribution is 0.573. The van der Waals surface area contributed by atoms with Gasteiger partial charge in [-0.25, -0.2) is 4.39 Å². The molecule has 0 fully saturated rings. The minimum absolute atomic E-state index is 0.105. The molecule has 0 aliphatic carbocycles. The fraction of sp³-hybridized carbons (Fsp3) is 0.231. The molecular weight excluding hydrogens is 235 g/mol. The van der Waals surface area contributed by atoms with E-state index in [9.17, 15) is 4.39 Å². The summed E-state index contributed by atoms with van der Waals surface area (Å²) in [5, 5.41) is 0. The normalized spacial score (nSPS) is 18.8. The molecule has 1 N–H and O–H groups in total. The molecule has 88 valence electrons. The quantitative estimate of drug-likeness (QED) is 0.877. The van der Waals surface area contributed by atoms with Crippen LogP contribution in [0.3, 0.4) is 0 Å². The van der Waals surface area contributed by atoms with Crippen molar-refractivity contribution in [3.63, 3.8) is 0 Å². The number of rotatable bonds is 2. The molecule has 1 unspecified atom stereocenters. The molecular formula is C13H13FN2S. The van der Waals surface area contributed by atoms with Gasteiger partial charge in [-0.3, -0.25) is 4.68 Å². The Kier molecular flexibility index (Phi) is 2.81. The first-order chi connectivity index (χ1) is 8.34. The molecule has 0 spiro atoms. The third kappa shape index (κ3) is 2.05. The van der Waals surface area contributed by atoms with E-state index < -0.39 is 0 Å². The number of nitrogens with one attached hydrogen (secondary N) is 1. The van der Waals surface area contributed by atoms with Gasteiger partial charge in [-0.05, 0) is 30.2 Å². The number of aromatic nitrogens is 1. The molecule has 0 saturated carbocycles. The maximum atomic E-state index is 13.7. The maximum absolute atomic E-state index is 13.7. The van der Waals surface area contributed by atoms with Gasteiger partial charge in [0.2, 0.25) is 0 Å². The van der Waals surface area contributed by atoms with Crippen LogP contribution in [0.2, 0.25) is 0 Å². The van der Waals surface area contributed by atoms with Crippen LogP contribution >= 0.6 is 11.8 Å². The lowest BCUT2D eigenvalue weighted by Gasteiger charge is -2.27. The summed E-state index contributed by atoms with van der Waals surface area (Å²) in [6, 6.07) is 9.45. The summed E-state index contributed by atoms with van der Waals surface area (Å²) in [7, 11) is 0. The molecule has 4 heteroatoms. The second-order valence-electron chi connectivity index (χ2n) is 4.07. The van der Waals surface area contributed by atoms with Crippen molar-refractivity contribution in [2.45, 2.75) is 17.4 Å². The van der Waals surface area contributed by atoms with Crippen molar-refractivity contribution in [1.29, 1.82) is 0 Å². The van der Waals surface area contributed by atoms with Crippen LogP contribution in [0.1, 0.15) is 18.0 Å². The molecule has 17 heavy (non-hydrogen) atoms. The lowest BCUT2D eigenvalue weighted by atomic mass is 10.0. The van der Waals surface area contributed by atoms with Crippen molar-refractivity contribution in [3.05, 3.63) is 54.1 Å². The first-order valence-electron chi connectivity index (χ1n) is 5.65. The average molecular weight is 248 g/mol. The summed E-state index contributed by atoms with van der Waals surface area (Å²) in [4.78, 5) is 0.795. The van der Waals surface area contributed by atoms with Crippen molar-refractivity contribution in [2.75, 3.05) is 11.2 Å². The Morgan fingerprint density at radius 2 is 2.06 bits per heavy atom. The van der Waals surface area contributed by atoms with E-state index in [0.29, 0.717) is 0 Å². The summed E-state index contributed by atoms with van der Waals surface area (Å²) in [6.45, 7) is 0. The molecule has 1 aliphatic heterocycles. The minimum Gasteiger partial charge on any atom is -0.319 e. The van der Waals surface area contributed by atoms with Crippen LogP contribution in [0.4, 0.5) is 4.39 Å². The summed E-state index contributed by atoms with van der Waals surface area (Å²) >= 11 is 1.61. The largest absolute Gasteiger partial charge is 0.319 e. The number of hydrogen-bond acceptors (Lipinski definition) is 2. The third-order valence-corrected chi connectivity index (χ3v) is 4.09. The highest BCUT2D eigenvalue weighted by Gasteiger charge is 2.22. The lowest BCUT2D eigenvalue weighted by Crippen LogP contribution is -2.23. The molecule has 2 aromatic rings. The molecule has 0 amide bonds. The van der Waals surface area contributed by atoms with Crippen LogP contribution in [0.15, 0.2) is 47.6 Å². The predicted octanol–water partition coefficient (Wildman–Crippen LogP) is 3.41. The first-order valence-corrected chi connectivity index (χ1v) is 6.64. The van der Waals surface area contributed by atoms with Crippen LogP contribution in [-0.4, -0.2) is 10.4 Å². The van der Waals surface area contributed by atoms with Gasteiger partial charge < -0.3 is 5.43 Å². The molecule has 0 radical (unpaired) electrons. The smallest absolute Gasteiger partial charge is 0.137 e. The molecule has 3 rings (SSSR count). The number of nitrogens with zero attached hydrogens (tertiary/aromatic N) is 1. The van der Waals surface area contributed by atoms with Gasteiger partial charge in [0.05, 0.1) is 6.04 Å². The third-order valence-electron chi connectivity index (χ3n) is 2.94. The second-order valence-corrected chi connectivity index (χ2v) is 5.17. The Morgan fingerprint density at radius 1 is 1.24 bits per heavy atom. The van der Waals surface area contributed by atoms with Crippen molar-refractivity contribution >= 4 is 11.8 Å². The monoisotopic (exact) mass is 248 g/mol.